The molecule has 1 unspecified atom stereocenters. The highest BCUT2D eigenvalue weighted by Gasteiger charge is 2.24. The van der Waals surface area contributed by atoms with E-state index in [1.54, 1.807) is 6.08 Å². The Labute approximate surface area is 160 Å². The van der Waals surface area contributed by atoms with Gasteiger partial charge in [-0.3, -0.25) is 9.59 Å². The number of fused-ring (bicyclic) bond motifs is 1. The minimum absolute atomic E-state index is 0.0383. The van der Waals surface area contributed by atoms with Gasteiger partial charge in [0.15, 0.2) is 5.78 Å². The summed E-state index contributed by atoms with van der Waals surface area (Å²) in [5, 5.41) is 3.15. The lowest BCUT2D eigenvalue weighted by atomic mass is 10.0. The first-order chi connectivity index (χ1) is 13.0. The fourth-order valence-corrected chi connectivity index (χ4v) is 3.35. The van der Waals surface area contributed by atoms with Gasteiger partial charge in [-0.25, -0.2) is 0 Å². The quantitative estimate of drug-likeness (QED) is 0.785. The van der Waals surface area contributed by atoms with Crippen LogP contribution in [0.4, 0.5) is 5.69 Å². The van der Waals surface area contributed by atoms with E-state index in [0.29, 0.717) is 12.0 Å². The van der Waals surface area contributed by atoms with Gasteiger partial charge >= 0.3 is 0 Å². The lowest BCUT2D eigenvalue weighted by Crippen LogP contribution is -2.27. The van der Waals surface area contributed by atoms with Gasteiger partial charge in [0.25, 0.3) is 5.91 Å². The van der Waals surface area contributed by atoms with E-state index in [9.17, 15) is 9.59 Å². The fraction of sp³-hybridized carbons (Fsp3) is 0.304. The summed E-state index contributed by atoms with van der Waals surface area (Å²) in [5.74, 6) is 0.0802. The zero-order chi connectivity index (χ0) is 19.4. The van der Waals surface area contributed by atoms with Gasteiger partial charge in [-0.2, -0.15) is 0 Å². The summed E-state index contributed by atoms with van der Waals surface area (Å²) in [6.45, 7) is 1.86. The Morgan fingerprint density at radius 3 is 2.56 bits per heavy atom. The van der Waals surface area contributed by atoms with Crippen molar-refractivity contribution in [2.24, 2.45) is 0 Å². The van der Waals surface area contributed by atoms with Crippen molar-refractivity contribution < 1.29 is 9.59 Å². The van der Waals surface area contributed by atoms with E-state index in [2.05, 4.69) is 17.4 Å². The van der Waals surface area contributed by atoms with Gasteiger partial charge in [-0.1, -0.05) is 31.2 Å². The van der Waals surface area contributed by atoms with Gasteiger partial charge in [0, 0.05) is 31.8 Å². The van der Waals surface area contributed by atoms with Gasteiger partial charge in [0.2, 0.25) is 0 Å². The van der Waals surface area contributed by atoms with Gasteiger partial charge in [-0.05, 0) is 59.9 Å². The maximum Gasteiger partial charge on any atom is 0.251 e. The first-order valence-electron chi connectivity index (χ1n) is 9.40. The molecule has 4 nitrogen and oxygen atoms in total. The van der Waals surface area contributed by atoms with Crippen LogP contribution >= 0.6 is 0 Å². The minimum Gasteiger partial charge on any atom is -0.378 e. The lowest BCUT2D eigenvalue weighted by Gasteiger charge is -2.16. The number of nitrogens with zero attached hydrogens (tertiary/aromatic N) is 1. The molecule has 140 valence electrons. The average Bonchev–Trinajstić information content (AvgIpc) is 3.08. The second-order valence-electron chi connectivity index (χ2n) is 7.12. The normalized spacial score (nSPS) is 15.6. The fourth-order valence-electron chi connectivity index (χ4n) is 3.35. The van der Waals surface area contributed by atoms with Gasteiger partial charge in [0.1, 0.15) is 0 Å². The van der Waals surface area contributed by atoms with E-state index in [-0.39, 0.29) is 17.7 Å². The van der Waals surface area contributed by atoms with Crippen molar-refractivity contribution in [3.05, 3.63) is 70.8 Å². The van der Waals surface area contributed by atoms with Crippen LogP contribution in [0.3, 0.4) is 0 Å². The van der Waals surface area contributed by atoms with Crippen LogP contribution in [-0.4, -0.2) is 25.8 Å². The molecule has 1 atom stereocenters. The Bertz CT molecular complexity index is 866. The molecule has 0 bridgehead atoms. The van der Waals surface area contributed by atoms with Crippen LogP contribution < -0.4 is 10.2 Å². The van der Waals surface area contributed by atoms with Crippen LogP contribution in [0.15, 0.2) is 48.5 Å². The summed E-state index contributed by atoms with van der Waals surface area (Å²) < 4.78 is 0. The van der Waals surface area contributed by atoms with Crippen LogP contribution in [0.25, 0.3) is 6.08 Å². The summed E-state index contributed by atoms with van der Waals surface area (Å²) in [6, 6.07) is 13.9. The Morgan fingerprint density at radius 1 is 1.15 bits per heavy atom. The van der Waals surface area contributed by atoms with E-state index in [1.165, 1.54) is 11.1 Å². The van der Waals surface area contributed by atoms with Crippen molar-refractivity contribution in [3.8, 4) is 0 Å². The molecule has 0 aliphatic heterocycles. The van der Waals surface area contributed by atoms with Crippen molar-refractivity contribution in [2.45, 2.75) is 32.2 Å². The van der Waals surface area contributed by atoms with Crippen molar-refractivity contribution in [3.63, 3.8) is 0 Å². The number of amides is 1. The minimum atomic E-state index is -0.0457. The second kappa shape index (κ2) is 8.21. The van der Waals surface area contributed by atoms with E-state index in [0.717, 1.165) is 24.1 Å². The summed E-state index contributed by atoms with van der Waals surface area (Å²) >= 11 is 0. The molecule has 0 heterocycles. The number of carbonyl (C=O) groups is 2. The number of nitrogens with one attached hydrogen (secondary N) is 1. The van der Waals surface area contributed by atoms with Gasteiger partial charge < -0.3 is 10.2 Å². The largest absolute Gasteiger partial charge is 0.378 e. The van der Waals surface area contributed by atoms with Crippen molar-refractivity contribution in [1.29, 1.82) is 0 Å². The predicted molar refractivity (Wildman–Crippen MR) is 110 cm³/mol. The molecule has 1 aliphatic carbocycles. The monoisotopic (exact) mass is 362 g/mol. The molecule has 2 aromatic rings. The van der Waals surface area contributed by atoms with E-state index >= 15 is 0 Å². The molecule has 0 saturated carbocycles. The van der Waals surface area contributed by atoms with E-state index in [4.69, 9.17) is 0 Å². The highest BCUT2D eigenvalue weighted by atomic mass is 16.1. The Balaban J connectivity index is 1.69. The molecule has 1 aliphatic rings. The van der Waals surface area contributed by atoms with Crippen LogP contribution in [0.2, 0.25) is 0 Å². The van der Waals surface area contributed by atoms with Crippen LogP contribution in [0.1, 0.15) is 52.9 Å². The van der Waals surface area contributed by atoms with Crippen molar-refractivity contribution in [1.82, 2.24) is 5.32 Å². The highest BCUT2D eigenvalue weighted by Crippen LogP contribution is 2.32. The summed E-state index contributed by atoms with van der Waals surface area (Å²) in [7, 11) is 3.96. The average molecular weight is 362 g/mol. The maximum atomic E-state index is 12.6. The number of allylic oxidation sites excluding steroid dienone is 1. The van der Waals surface area contributed by atoms with E-state index in [1.807, 2.05) is 62.3 Å². The number of anilines is 1. The molecule has 2 aromatic carbocycles. The third-order valence-corrected chi connectivity index (χ3v) is 5.01. The molecule has 4 heteroatoms. The molecule has 0 aromatic heterocycles. The Kier molecular flexibility index (Phi) is 5.75. The number of aryl methyl sites for hydroxylation is 1. The molecule has 1 amide bonds. The number of hydrogen-bond acceptors (Lipinski definition) is 3. The number of ketones is 1. The van der Waals surface area contributed by atoms with Crippen molar-refractivity contribution >= 4 is 23.5 Å². The molecule has 1 N–H and O–H groups in total. The van der Waals surface area contributed by atoms with Crippen LogP contribution in [0, 0.1) is 0 Å². The molecule has 0 fully saturated rings. The Morgan fingerprint density at radius 2 is 1.89 bits per heavy atom. The highest BCUT2D eigenvalue weighted by molar-refractivity contribution is 5.95. The Hall–Kier alpha value is -2.88. The molecule has 0 spiro atoms. The maximum absolute atomic E-state index is 12.6. The number of carbonyl (C=O) groups excluding carboxylic acids is 2. The van der Waals surface area contributed by atoms with Crippen molar-refractivity contribution in [2.75, 3.05) is 19.0 Å². The molecule has 27 heavy (non-hydrogen) atoms. The number of benzene rings is 2. The van der Waals surface area contributed by atoms with E-state index < -0.39 is 0 Å². The van der Waals surface area contributed by atoms with Gasteiger partial charge in [0.05, 0.1) is 6.04 Å². The molecule has 3 rings (SSSR count). The standard InChI is InChI=1S/C23H26N2O2/c1-4-20(26)12-5-16-6-13-21-18(15-16)9-14-22(21)24-23(27)17-7-10-19(11-8-17)25(2)3/h5-8,10-13,15,22H,4,9,14H2,1-3H3,(H,24,27)/b12-5+. The topological polar surface area (TPSA) is 49.4 Å². The number of hydrogen-bond donors (Lipinski definition) is 1. The first-order valence-corrected chi connectivity index (χ1v) is 9.40. The second-order valence-corrected chi connectivity index (χ2v) is 7.12. The summed E-state index contributed by atoms with van der Waals surface area (Å²) in [6.07, 6.45) is 5.85. The smallest absolute Gasteiger partial charge is 0.251 e. The predicted octanol–water partition coefficient (Wildman–Crippen LogP) is 4.16. The zero-order valence-corrected chi connectivity index (χ0v) is 16.2. The third-order valence-electron chi connectivity index (χ3n) is 5.01. The zero-order valence-electron chi connectivity index (χ0n) is 16.2. The molecular formula is C23H26N2O2. The third kappa shape index (κ3) is 4.45. The van der Waals surface area contributed by atoms with Gasteiger partial charge in [-0.15, -0.1) is 0 Å². The lowest BCUT2D eigenvalue weighted by molar-refractivity contribution is -0.114. The SMILES string of the molecule is CCC(=O)/C=C/c1ccc2c(c1)CCC2NC(=O)c1ccc(N(C)C)cc1. The van der Waals surface area contributed by atoms with Crippen LogP contribution in [-0.2, 0) is 11.2 Å². The summed E-state index contributed by atoms with van der Waals surface area (Å²) in [5.41, 5.74) is 5.19. The van der Waals surface area contributed by atoms with Crippen LogP contribution in [0.5, 0.6) is 0 Å². The molecule has 0 saturated heterocycles. The molecular weight excluding hydrogens is 336 g/mol. The first kappa shape index (κ1) is 18.9. The summed E-state index contributed by atoms with van der Waals surface area (Å²) in [4.78, 5) is 26.1. The molecule has 0 radical (unpaired) electrons. The number of rotatable bonds is 6.